The van der Waals surface area contributed by atoms with Crippen LogP contribution in [0.1, 0.15) is 38.3 Å². The molecule has 6 atom stereocenters. The highest BCUT2D eigenvalue weighted by Crippen LogP contribution is 2.34. The maximum Gasteiger partial charge on any atom is 0.315 e. The zero-order valence-corrected chi connectivity index (χ0v) is 18.6. The van der Waals surface area contributed by atoms with E-state index >= 15 is 0 Å². The maximum atomic E-state index is 12.4. The van der Waals surface area contributed by atoms with Crippen molar-refractivity contribution in [1.29, 1.82) is 0 Å². The Labute approximate surface area is 193 Å². The summed E-state index contributed by atoms with van der Waals surface area (Å²) in [5.74, 6) is 0.564. The van der Waals surface area contributed by atoms with Gasteiger partial charge in [0, 0.05) is 23.8 Å². The number of carbonyl (C=O) groups excluding carboxylic acids is 2. The Morgan fingerprint density at radius 3 is 3.00 bits per heavy atom. The van der Waals surface area contributed by atoms with Crippen molar-refractivity contribution < 1.29 is 29.3 Å². The molecule has 0 spiro atoms. The van der Waals surface area contributed by atoms with E-state index < -0.39 is 24.4 Å². The molecule has 0 unspecified atom stereocenters. The Balaban J connectivity index is 1.15. The Morgan fingerprint density at radius 2 is 2.18 bits per heavy atom. The summed E-state index contributed by atoms with van der Waals surface area (Å²) in [6.07, 6.45) is 3.69. The highest BCUT2D eigenvalue weighted by atomic mass is 32.2. The molecule has 12 nitrogen and oxygen atoms in total. The molecule has 13 heteroatoms. The Hall–Kier alpha value is -2.48. The first kappa shape index (κ1) is 22.3. The number of aromatic nitrogens is 4. The summed E-state index contributed by atoms with van der Waals surface area (Å²) < 4.78 is 12.7. The van der Waals surface area contributed by atoms with Gasteiger partial charge in [0.1, 0.15) is 12.4 Å². The van der Waals surface area contributed by atoms with Crippen molar-refractivity contribution in [3.8, 4) is 5.88 Å². The van der Waals surface area contributed by atoms with Gasteiger partial charge in [0.2, 0.25) is 0 Å². The van der Waals surface area contributed by atoms with Gasteiger partial charge in [-0.15, -0.1) is 0 Å². The Kier molecular flexibility index (Phi) is 6.36. The summed E-state index contributed by atoms with van der Waals surface area (Å²) in [6.45, 7) is -0.190. The number of imidazole rings is 1. The number of nitrogens with one attached hydrogen (secondary N) is 2. The number of nitrogens with zero attached hydrogens (tertiary/aromatic N) is 4. The number of rotatable bonds is 8. The number of esters is 1. The van der Waals surface area contributed by atoms with Crippen molar-refractivity contribution in [3.63, 3.8) is 0 Å². The van der Waals surface area contributed by atoms with Crippen LogP contribution in [0.4, 0.5) is 4.79 Å². The second kappa shape index (κ2) is 9.41. The quantitative estimate of drug-likeness (QED) is 0.233. The third-order valence-electron chi connectivity index (χ3n) is 6.24. The molecule has 2 aromatic heterocycles. The first-order valence-electron chi connectivity index (χ1n) is 11.0. The monoisotopic (exact) mass is 478 g/mol. The van der Waals surface area contributed by atoms with E-state index in [1.165, 1.54) is 12.7 Å². The highest BCUT2D eigenvalue weighted by Gasteiger charge is 2.42. The molecule has 2 aromatic rings. The van der Waals surface area contributed by atoms with Crippen LogP contribution >= 0.6 is 11.8 Å². The molecule has 3 aliphatic heterocycles. The zero-order chi connectivity index (χ0) is 22.9. The van der Waals surface area contributed by atoms with Gasteiger partial charge in [-0.2, -0.15) is 16.7 Å². The van der Waals surface area contributed by atoms with Crippen LogP contribution in [-0.4, -0.2) is 83.6 Å². The van der Waals surface area contributed by atoms with Crippen molar-refractivity contribution in [2.75, 3.05) is 12.4 Å². The highest BCUT2D eigenvalue weighted by molar-refractivity contribution is 8.00. The lowest BCUT2D eigenvalue weighted by molar-refractivity contribution is -0.134. The molecule has 0 radical (unpaired) electrons. The van der Waals surface area contributed by atoms with Crippen LogP contribution in [0.3, 0.4) is 0 Å². The average molecular weight is 479 g/mol. The number of ether oxygens (including phenoxy) is 2. The molecule has 5 rings (SSSR count). The van der Waals surface area contributed by atoms with E-state index in [1.54, 1.807) is 4.57 Å². The number of urea groups is 1. The molecular weight excluding hydrogens is 452 g/mol. The van der Waals surface area contributed by atoms with Crippen LogP contribution < -0.4 is 15.4 Å². The fourth-order valence-electron chi connectivity index (χ4n) is 4.61. The number of thioether (sulfide) groups is 1. The number of hydrogen-bond acceptors (Lipinski definition) is 10. The molecule has 5 heterocycles. The standard InChI is InChI=1S/C20H26N6O6S/c27-6-10-5-12(28)19(31-10)26-9-23-16-17(26)21-8-22-18(16)32-14(29)4-2-1-3-13-15-11(7-33-13)24-20(30)25-15/h8-13,15,19,27-28H,1-7H2,(H2,24,25,30)/t10-,11-,12-,13-,15-,19+/m0/s1. The number of aliphatic hydroxyl groups is 2. The summed E-state index contributed by atoms with van der Waals surface area (Å²) in [5, 5.41) is 25.8. The van der Waals surface area contributed by atoms with Gasteiger partial charge in [-0.25, -0.2) is 14.8 Å². The van der Waals surface area contributed by atoms with Gasteiger partial charge >= 0.3 is 12.0 Å². The molecular formula is C20H26N6O6S. The zero-order valence-electron chi connectivity index (χ0n) is 17.8. The van der Waals surface area contributed by atoms with E-state index in [9.17, 15) is 19.8 Å². The minimum absolute atomic E-state index is 0.0591. The molecule has 4 N–H and O–H groups in total. The largest absolute Gasteiger partial charge is 0.405 e. The van der Waals surface area contributed by atoms with Crippen LogP contribution in [0.2, 0.25) is 0 Å². The topological polar surface area (TPSA) is 161 Å². The third kappa shape index (κ3) is 4.50. The summed E-state index contributed by atoms with van der Waals surface area (Å²) in [7, 11) is 0. The van der Waals surface area contributed by atoms with Gasteiger partial charge in [0.25, 0.3) is 5.88 Å². The number of fused-ring (bicyclic) bond motifs is 2. The Morgan fingerprint density at radius 1 is 1.30 bits per heavy atom. The molecule has 33 heavy (non-hydrogen) atoms. The van der Waals surface area contributed by atoms with Crippen molar-refractivity contribution in [2.45, 2.75) is 67.9 Å². The molecule has 3 saturated heterocycles. The summed E-state index contributed by atoms with van der Waals surface area (Å²) in [6, 6.07) is 0.260. The van der Waals surface area contributed by atoms with E-state index in [2.05, 4.69) is 25.6 Å². The van der Waals surface area contributed by atoms with Gasteiger partial charge in [-0.3, -0.25) is 9.36 Å². The van der Waals surface area contributed by atoms with Crippen LogP contribution in [-0.2, 0) is 9.53 Å². The smallest absolute Gasteiger partial charge is 0.315 e. The van der Waals surface area contributed by atoms with E-state index in [-0.39, 0.29) is 37.0 Å². The number of unbranched alkanes of at least 4 members (excludes halogenated alkanes) is 1. The van der Waals surface area contributed by atoms with Crippen LogP contribution in [0.25, 0.3) is 11.2 Å². The number of aliphatic hydroxyl groups excluding tert-OH is 2. The normalized spacial score (nSPS) is 30.9. The van der Waals surface area contributed by atoms with Gasteiger partial charge in [-0.1, -0.05) is 6.42 Å². The minimum atomic E-state index is -0.817. The maximum absolute atomic E-state index is 12.4. The molecule has 3 fully saturated rings. The lowest BCUT2D eigenvalue weighted by atomic mass is 10.0. The summed E-state index contributed by atoms with van der Waals surface area (Å²) >= 11 is 1.85. The van der Waals surface area contributed by atoms with Crippen LogP contribution in [0, 0.1) is 0 Å². The number of carbonyl (C=O) groups is 2. The minimum Gasteiger partial charge on any atom is -0.405 e. The van der Waals surface area contributed by atoms with E-state index in [0.29, 0.717) is 29.3 Å². The summed E-state index contributed by atoms with van der Waals surface area (Å²) in [5.41, 5.74) is 0.669. The van der Waals surface area contributed by atoms with Crippen molar-refractivity contribution in [3.05, 3.63) is 12.7 Å². The van der Waals surface area contributed by atoms with Gasteiger partial charge < -0.3 is 30.3 Å². The van der Waals surface area contributed by atoms with E-state index in [4.69, 9.17) is 9.47 Å². The molecule has 178 valence electrons. The van der Waals surface area contributed by atoms with Gasteiger partial charge in [0.05, 0.1) is 31.1 Å². The third-order valence-corrected chi connectivity index (χ3v) is 7.75. The molecule has 0 aromatic carbocycles. The predicted molar refractivity (Wildman–Crippen MR) is 117 cm³/mol. The fourth-order valence-corrected chi connectivity index (χ4v) is 6.15. The van der Waals surface area contributed by atoms with Crippen LogP contribution in [0.5, 0.6) is 5.88 Å². The average Bonchev–Trinajstić information content (AvgIpc) is 3.55. The number of hydrogen-bond donors (Lipinski definition) is 4. The second-order valence-corrected chi connectivity index (χ2v) is 9.75. The predicted octanol–water partition coefficient (Wildman–Crippen LogP) is 0.0982. The first-order chi connectivity index (χ1) is 16.0. The van der Waals surface area contributed by atoms with Crippen molar-refractivity contribution in [2.24, 2.45) is 0 Å². The lowest BCUT2D eigenvalue weighted by Crippen LogP contribution is -2.36. The SMILES string of the molecule is O=C1N[C@H]2[C@H](CS[C@H]2CCCCC(=O)Oc2ncnc3c2ncn3[C@@H]2O[C@H](CO)C[C@@H]2O)N1. The number of amides is 2. The first-order valence-corrected chi connectivity index (χ1v) is 12.1. The Bertz CT molecular complexity index is 1040. The van der Waals surface area contributed by atoms with Gasteiger partial charge in [-0.05, 0) is 12.8 Å². The summed E-state index contributed by atoms with van der Waals surface area (Å²) in [4.78, 5) is 36.4. The van der Waals surface area contributed by atoms with Crippen molar-refractivity contribution >= 4 is 34.9 Å². The van der Waals surface area contributed by atoms with E-state index in [1.807, 2.05) is 11.8 Å². The van der Waals surface area contributed by atoms with Gasteiger partial charge in [0.15, 0.2) is 17.4 Å². The van der Waals surface area contributed by atoms with Crippen LogP contribution in [0.15, 0.2) is 12.7 Å². The van der Waals surface area contributed by atoms with Crippen molar-refractivity contribution in [1.82, 2.24) is 30.2 Å². The molecule has 0 bridgehead atoms. The molecule has 3 aliphatic rings. The second-order valence-electron chi connectivity index (χ2n) is 8.48. The molecule has 2 amide bonds. The molecule has 0 aliphatic carbocycles. The van der Waals surface area contributed by atoms with E-state index in [0.717, 1.165) is 18.6 Å². The lowest BCUT2D eigenvalue weighted by Gasteiger charge is -2.16. The molecule has 0 saturated carbocycles. The fraction of sp³-hybridized carbons (Fsp3) is 0.650.